The van der Waals surface area contributed by atoms with E-state index >= 15 is 0 Å². The molecule has 100 heavy (non-hydrogen) atoms. The lowest BCUT2D eigenvalue weighted by Crippen LogP contribution is -2.30. The van der Waals surface area contributed by atoms with Gasteiger partial charge in [0, 0.05) is 25.7 Å². The largest absolute Gasteiger partial charge is 0.472 e. The van der Waals surface area contributed by atoms with Crippen molar-refractivity contribution in [1.82, 2.24) is 0 Å². The molecule has 0 saturated heterocycles. The molecule has 0 aromatic heterocycles. The monoisotopic (exact) mass is 1470 g/mol. The van der Waals surface area contributed by atoms with Crippen LogP contribution < -0.4 is 0 Å². The van der Waals surface area contributed by atoms with E-state index in [2.05, 4.69) is 55.4 Å². The van der Waals surface area contributed by atoms with E-state index in [1.54, 1.807) is 0 Å². The lowest BCUT2D eigenvalue weighted by atomic mass is 10.0. The Kier molecular flexibility index (Phi) is 68.7. The van der Waals surface area contributed by atoms with Crippen molar-refractivity contribution in [3.05, 3.63) is 0 Å². The van der Waals surface area contributed by atoms with Crippen LogP contribution in [0.3, 0.4) is 0 Å². The fraction of sp³-hybridized carbons (Fsp3) is 0.951. The Labute approximate surface area is 613 Å². The number of hydrogen-bond acceptors (Lipinski definition) is 15. The predicted octanol–water partition coefficient (Wildman–Crippen LogP) is 24.0. The number of carbonyl (C=O) groups excluding carboxylic acids is 4. The maximum atomic E-state index is 13.1. The summed E-state index contributed by atoms with van der Waals surface area (Å²) in [6.45, 7) is 14.3. The van der Waals surface area contributed by atoms with Gasteiger partial charge >= 0.3 is 39.5 Å². The molecule has 0 bridgehead atoms. The molecule has 3 unspecified atom stereocenters. The molecule has 3 N–H and O–H groups in total. The van der Waals surface area contributed by atoms with Gasteiger partial charge in [-0.3, -0.25) is 37.3 Å². The zero-order valence-corrected chi connectivity index (χ0v) is 67.6. The third kappa shape index (κ3) is 74.3. The van der Waals surface area contributed by atoms with Gasteiger partial charge in [-0.2, -0.15) is 0 Å². The number of esters is 4. The highest BCUT2D eigenvalue weighted by Crippen LogP contribution is 2.45. The molecule has 0 saturated carbocycles. The van der Waals surface area contributed by atoms with Crippen LogP contribution in [0, 0.1) is 23.7 Å². The molecule has 0 radical (unpaired) electrons. The molecule has 17 nitrogen and oxygen atoms in total. The SMILES string of the molecule is CC(C)CCCCCCCCCCCCCCCCCC(=O)OC[C@H](COP(=O)(O)OCC(O)COP(=O)(O)OC[C@@H](COC(=O)CCCCCCCCCCC(C)C)OC(=O)CCCCCCCCCCCCC(C)C)OC(=O)CCCCCCCCCCCCCCCCCC(C)C. The van der Waals surface area contributed by atoms with Gasteiger partial charge in [0.05, 0.1) is 26.4 Å². The molecule has 0 aliphatic rings. The molecule has 0 heterocycles. The summed E-state index contributed by atoms with van der Waals surface area (Å²) in [4.78, 5) is 73.0. The summed E-state index contributed by atoms with van der Waals surface area (Å²) in [6, 6.07) is 0. The van der Waals surface area contributed by atoms with Crippen LogP contribution in [0.25, 0.3) is 0 Å². The van der Waals surface area contributed by atoms with E-state index in [0.29, 0.717) is 25.7 Å². The van der Waals surface area contributed by atoms with E-state index in [9.17, 15) is 43.2 Å². The van der Waals surface area contributed by atoms with Gasteiger partial charge in [0.25, 0.3) is 0 Å². The highest BCUT2D eigenvalue weighted by atomic mass is 31.2. The van der Waals surface area contributed by atoms with Gasteiger partial charge in [0.2, 0.25) is 0 Å². The van der Waals surface area contributed by atoms with Crippen molar-refractivity contribution in [3.63, 3.8) is 0 Å². The van der Waals surface area contributed by atoms with Gasteiger partial charge in [-0.15, -0.1) is 0 Å². The first-order chi connectivity index (χ1) is 48.1. The molecule has 0 rings (SSSR count). The Morgan fingerprint density at radius 1 is 0.250 bits per heavy atom. The summed E-state index contributed by atoms with van der Waals surface area (Å²) in [5, 5.41) is 10.6. The molecule has 0 fully saturated rings. The summed E-state index contributed by atoms with van der Waals surface area (Å²) in [6.07, 6.45) is 56.9. The Morgan fingerprint density at radius 3 is 0.620 bits per heavy atom. The minimum atomic E-state index is -4.96. The van der Waals surface area contributed by atoms with Crippen LogP contribution in [0.5, 0.6) is 0 Å². The Balaban J connectivity index is 5.25. The number of rotatable bonds is 78. The molecule has 5 atom stereocenters. The predicted molar refractivity (Wildman–Crippen MR) is 409 cm³/mol. The molecular formula is C81H158O17P2. The highest BCUT2D eigenvalue weighted by molar-refractivity contribution is 7.47. The lowest BCUT2D eigenvalue weighted by Gasteiger charge is -2.21. The van der Waals surface area contributed by atoms with E-state index in [1.165, 1.54) is 218 Å². The fourth-order valence-electron chi connectivity index (χ4n) is 12.4. The summed E-state index contributed by atoms with van der Waals surface area (Å²) in [5.74, 6) is 0.973. The van der Waals surface area contributed by atoms with Crippen molar-refractivity contribution >= 4 is 39.5 Å². The quantitative estimate of drug-likeness (QED) is 0.0222. The van der Waals surface area contributed by atoms with Crippen molar-refractivity contribution in [2.75, 3.05) is 39.6 Å². The fourth-order valence-corrected chi connectivity index (χ4v) is 14.0. The molecule has 0 aliphatic heterocycles. The van der Waals surface area contributed by atoms with Gasteiger partial charge < -0.3 is 33.8 Å². The van der Waals surface area contributed by atoms with E-state index in [4.69, 9.17) is 37.0 Å². The second-order valence-electron chi connectivity index (χ2n) is 31.1. The average Bonchev–Trinajstić information content (AvgIpc) is 0.916. The number of aliphatic hydroxyl groups excluding tert-OH is 1. The number of unbranched alkanes of at least 4 members (excludes halogenated alkanes) is 44. The second kappa shape index (κ2) is 70.1. The molecule has 19 heteroatoms. The van der Waals surface area contributed by atoms with E-state index in [-0.39, 0.29) is 25.7 Å². The van der Waals surface area contributed by atoms with Gasteiger partial charge in [0.1, 0.15) is 19.3 Å². The second-order valence-corrected chi connectivity index (χ2v) is 34.0. The molecule has 0 aromatic carbocycles. The number of phosphoric ester groups is 2. The van der Waals surface area contributed by atoms with Crippen LogP contribution in [0.15, 0.2) is 0 Å². The Morgan fingerprint density at radius 2 is 0.420 bits per heavy atom. The highest BCUT2D eigenvalue weighted by Gasteiger charge is 2.30. The molecule has 0 spiro atoms. The van der Waals surface area contributed by atoms with Crippen LogP contribution in [0.2, 0.25) is 0 Å². The number of phosphoric acid groups is 2. The van der Waals surface area contributed by atoms with Gasteiger partial charge in [-0.1, -0.05) is 364 Å². The number of ether oxygens (including phenoxy) is 4. The third-order valence-corrected chi connectivity index (χ3v) is 20.7. The summed E-state index contributed by atoms with van der Waals surface area (Å²) < 4.78 is 68.7. The maximum absolute atomic E-state index is 13.1. The lowest BCUT2D eigenvalue weighted by molar-refractivity contribution is -0.161. The van der Waals surface area contributed by atoms with Crippen molar-refractivity contribution in [3.8, 4) is 0 Å². The smallest absolute Gasteiger partial charge is 0.462 e. The number of aliphatic hydroxyl groups is 1. The topological polar surface area (TPSA) is 237 Å². The average molecular weight is 1470 g/mol. The first-order valence-electron chi connectivity index (χ1n) is 41.7. The summed E-state index contributed by atoms with van der Waals surface area (Å²) >= 11 is 0. The van der Waals surface area contributed by atoms with Crippen molar-refractivity contribution < 1.29 is 80.2 Å². The van der Waals surface area contributed by atoms with Crippen molar-refractivity contribution in [2.24, 2.45) is 23.7 Å². The van der Waals surface area contributed by atoms with Gasteiger partial charge in [0.15, 0.2) is 12.2 Å². The summed E-state index contributed by atoms with van der Waals surface area (Å²) in [7, 11) is -9.92. The summed E-state index contributed by atoms with van der Waals surface area (Å²) in [5.41, 5.74) is 0. The van der Waals surface area contributed by atoms with Crippen LogP contribution in [0.1, 0.15) is 415 Å². The standard InChI is InChI=1S/C81H158O17P2/c1-71(2)57-49-41-33-25-19-15-11-9-13-17-21-28-37-45-53-61-78(83)91-67-76(97-80(85)63-55-47-39-29-22-18-14-10-12-16-20-26-34-42-50-58-72(3)4)69-95-99(87,88)93-65-75(82)66-94-100(89,90)96-70-77(68-92-79(84)62-54-46-38-32-31-36-44-52-60-74(7)8)98-81(86)64-56-48-40-30-24-23-27-35-43-51-59-73(5)6/h71-77,82H,9-70H2,1-8H3,(H,87,88)(H,89,90)/t75?,76-,77-/m1/s1. The number of hydrogen-bond donors (Lipinski definition) is 3. The Bertz CT molecular complexity index is 1950. The van der Waals surface area contributed by atoms with E-state index in [0.717, 1.165) is 114 Å². The van der Waals surface area contributed by atoms with Crippen LogP contribution in [0.4, 0.5) is 0 Å². The maximum Gasteiger partial charge on any atom is 0.472 e. The number of carbonyl (C=O) groups is 4. The minimum Gasteiger partial charge on any atom is -0.462 e. The first kappa shape index (κ1) is 98.1. The van der Waals surface area contributed by atoms with E-state index < -0.39 is 97.5 Å². The van der Waals surface area contributed by atoms with Crippen molar-refractivity contribution in [2.45, 2.75) is 433 Å². The Hall–Kier alpha value is -1.94. The van der Waals surface area contributed by atoms with Crippen molar-refractivity contribution in [1.29, 1.82) is 0 Å². The molecule has 0 aliphatic carbocycles. The van der Waals surface area contributed by atoms with Crippen LogP contribution >= 0.6 is 15.6 Å². The molecule has 594 valence electrons. The molecule has 0 amide bonds. The third-order valence-electron chi connectivity index (χ3n) is 18.8. The molecule has 0 aromatic rings. The minimum absolute atomic E-state index is 0.105. The zero-order chi connectivity index (χ0) is 73.8. The van der Waals surface area contributed by atoms with Crippen LogP contribution in [-0.2, 0) is 65.4 Å². The molecular weight excluding hydrogens is 1310 g/mol. The van der Waals surface area contributed by atoms with Gasteiger partial charge in [-0.25, -0.2) is 9.13 Å². The van der Waals surface area contributed by atoms with Crippen LogP contribution in [-0.4, -0.2) is 96.7 Å². The zero-order valence-electron chi connectivity index (χ0n) is 65.8. The van der Waals surface area contributed by atoms with Gasteiger partial charge in [-0.05, 0) is 49.4 Å². The normalized spacial score (nSPS) is 14.0. The van der Waals surface area contributed by atoms with E-state index in [1.807, 2.05) is 0 Å². The first-order valence-corrected chi connectivity index (χ1v) is 44.7.